The predicted molar refractivity (Wildman–Crippen MR) is 68.0 cm³/mol. The first-order valence-electron chi connectivity index (χ1n) is 6.53. The summed E-state index contributed by atoms with van der Waals surface area (Å²) in [6, 6.07) is 1.76. The molecular weight excluding hydrogens is 249 g/mol. The van der Waals surface area contributed by atoms with Gasteiger partial charge in [-0.25, -0.2) is 14.2 Å². The van der Waals surface area contributed by atoms with Crippen LogP contribution in [0.4, 0.5) is 10.2 Å². The quantitative estimate of drug-likeness (QED) is 0.890. The smallest absolute Gasteiger partial charge is 0.339 e. The highest BCUT2D eigenvalue weighted by Gasteiger charge is 2.32. The van der Waals surface area contributed by atoms with Gasteiger partial charge in [-0.15, -0.1) is 0 Å². The van der Waals surface area contributed by atoms with E-state index >= 15 is 0 Å². The largest absolute Gasteiger partial charge is 0.478 e. The molecule has 1 aromatic heterocycles. The minimum absolute atomic E-state index is 0.0557. The molecule has 0 amide bonds. The number of anilines is 1. The summed E-state index contributed by atoms with van der Waals surface area (Å²) in [7, 11) is 0. The van der Waals surface area contributed by atoms with Gasteiger partial charge in [-0.2, -0.15) is 0 Å². The standard InChI is InChI=1S/C13H16FN3O2/c14-9-7-11(13(18)19)12(15-8-9)17-5-3-16(4-6-17)10-1-2-10/h7-8,10H,1-6H2,(H,18,19). The highest BCUT2D eigenvalue weighted by molar-refractivity contribution is 5.93. The molecule has 0 atom stereocenters. The van der Waals surface area contributed by atoms with Crippen LogP contribution in [-0.2, 0) is 0 Å². The third-order valence-corrected chi connectivity index (χ3v) is 3.74. The Morgan fingerprint density at radius 1 is 1.32 bits per heavy atom. The fourth-order valence-electron chi connectivity index (χ4n) is 2.58. The van der Waals surface area contributed by atoms with E-state index in [0.717, 1.165) is 44.5 Å². The Bertz CT molecular complexity index is 497. The lowest BCUT2D eigenvalue weighted by molar-refractivity contribution is 0.0696. The molecule has 3 rings (SSSR count). The Morgan fingerprint density at radius 3 is 2.58 bits per heavy atom. The number of hydrogen-bond donors (Lipinski definition) is 1. The SMILES string of the molecule is O=C(O)c1cc(F)cnc1N1CCN(C2CC2)CC1. The normalized spacial score (nSPS) is 20.6. The van der Waals surface area contributed by atoms with E-state index in [2.05, 4.69) is 9.88 Å². The minimum atomic E-state index is -1.13. The fraction of sp³-hybridized carbons (Fsp3) is 0.538. The predicted octanol–water partition coefficient (Wildman–Crippen LogP) is 1.20. The van der Waals surface area contributed by atoms with E-state index in [4.69, 9.17) is 5.11 Å². The highest BCUT2D eigenvalue weighted by atomic mass is 19.1. The molecule has 1 saturated carbocycles. The van der Waals surface area contributed by atoms with Crippen LogP contribution >= 0.6 is 0 Å². The van der Waals surface area contributed by atoms with E-state index in [1.807, 2.05) is 4.90 Å². The zero-order valence-corrected chi connectivity index (χ0v) is 10.5. The van der Waals surface area contributed by atoms with E-state index < -0.39 is 11.8 Å². The monoisotopic (exact) mass is 265 g/mol. The summed E-state index contributed by atoms with van der Waals surface area (Å²) in [5.41, 5.74) is -0.0557. The van der Waals surface area contributed by atoms with E-state index in [9.17, 15) is 9.18 Å². The van der Waals surface area contributed by atoms with Crippen molar-refractivity contribution in [3.05, 3.63) is 23.6 Å². The number of piperazine rings is 1. The van der Waals surface area contributed by atoms with Crippen molar-refractivity contribution >= 4 is 11.8 Å². The molecule has 2 aliphatic rings. The van der Waals surface area contributed by atoms with Crippen LogP contribution in [0.15, 0.2) is 12.3 Å². The number of rotatable bonds is 3. The summed E-state index contributed by atoms with van der Waals surface area (Å²) >= 11 is 0. The molecule has 0 aromatic carbocycles. The highest BCUT2D eigenvalue weighted by Crippen LogP contribution is 2.28. The molecule has 0 radical (unpaired) electrons. The molecule has 1 aromatic rings. The van der Waals surface area contributed by atoms with Crippen molar-refractivity contribution in [2.45, 2.75) is 18.9 Å². The van der Waals surface area contributed by atoms with Crippen LogP contribution in [0.3, 0.4) is 0 Å². The third-order valence-electron chi connectivity index (χ3n) is 3.74. The molecule has 0 unspecified atom stereocenters. The molecule has 2 heterocycles. The van der Waals surface area contributed by atoms with Crippen molar-refractivity contribution in [3.63, 3.8) is 0 Å². The molecule has 2 fully saturated rings. The first-order valence-corrected chi connectivity index (χ1v) is 6.53. The summed E-state index contributed by atoms with van der Waals surface area (Å²) in [5, 5.41) is 9.13. The number of hydrogen-bond acceptors (Lipinski definition) is 4. The Balaban J connectivity index is 1.77. The van der Waals surface area contributed by atoms with Gasteiger partial charge in [-0.05, 0) is 18.9 Å². The van der Waals surface area contributed by atoms with Gasteiger partial charge in [0, 0.05) is 32.2 Å². The van der Waals surface area contributed by atoms with Gasteiger partial charge in [0.2, 0.25) is 0 Å². The Morgan fingerprint density at radius 2 is 2.00 bits per heavy atom. The van der Waals surface area contributed by atoms with Crippen molar-refractivity contribution in [3.8, 4) is 0 Å². The maximum absolute atomic E-state index is 13.1. The lowest BCUT2D eigenvalue weighted by atomic mass is 10.2. The molecule has 6 heteroatoms. The number of aromatic carboxylic acids is 1. The molecule has 0 spiro atoms. The van der Waals surface area contributed by atoms with Gasteiger partial charge in [-0.3, -0.25) is 4.90 Å². The van der Waals surface area contributed by atoms with Crippen LogP contribution < -0.4 is 4.90 Å². The van der Waals surface area contributed by atoms with Gasteiger partial charge in [0.25, 0.3) is 0 Å². The maximum Gasteiger partial charge on any atom is 0.339 e. The second-order valence-electron chi connectivity index (χ2n) is 5.08. The molecule has 1 aliphatic carbocycles. The first-order chi connectivity index (χ1) is 9.15. The zero-order valence-electron chi connectivity index (χ0n) is 10.5. The Labute approximate surface area is 110 Å². The molecule has 102 valence electrons. The summed E-state index contributed by atoms with van der Waals surface area (Å²) in [4.78, 5) is 19.5. The van der Waals surface area contributed by atoms with Gasteiger partial charge < -0.3 is 10.0 Å². The number of carboxylic acids is 1. The van der Waals surface area contributed by atoms with Crippen LogP contribution in [-0.4, -0.2) is 53.2 Å². The minimum Gasteiger partial charge on any atom is -0.478 e. The summed E-state index contributed by atoms with van der Waals surface area (Å²) in [6.07, 6.45) is 3.62. The molecule has 5 nitrogen and oxygen atoms in total. The topological polar surface area (TPSA) is 56.7 Å². The molecule has 1 saturated heterocycles. The molecular formula is C13H16FN3O2. The van der Waals surface area contributed by atoms with Gasteiger partial charge in [0.1, 0.15) is 17.2 Å². The third kappa shape index (κ3) is 2.53. The van der Waals surface area contributed by atoms with Crippen LogP contribution in [0.25, 0.3) is 0 Å². The van der Waals surface area contributed by atoms with Crippen molar-refractivity contribution in [2.24, 2.45) is 0 Å². The van der Waals surface area contributed by atoms with Crippen LogP contribution in [0.1, 0.15) is 23.2 Å². The fourth-order valence-corrected chi connectivity index (χ4v) is 2.58. The number of carboxylic acid groups (broad SMARTS) is 1. The van der Waals surface area contributed by atoms with Crippen molar-refractivity contribution < 1.29 is 14.3 Å². The van der Waals surface area contributed by atoms with Gasteiger partial charge in [0.05, 0.1) is 6.20 Å². The average Bonchev–Trinajstić information content (AvgIpc) is 3.23. The lowest BCUT2D eigenvalue weighted by Gasteiger charge is -2.35. The maximum atomic E-state index is 13.1. The average molecular weight is 265 g/mol. The van der Waals surface area contributed by atoms with Crippen molar-refractivity contribution in [1.82, 2.24) is 9.88 Å². The van der Waals surface area contributed by atoms with E-state index in [1.54, 1.807) is 0 Å². The van der Waals surface area contributed by atoms with Crippen molar-refractivity contribution in [2.75, 3.05) is 31.1 Å². The second kappa shape index (κ2) is 4.77. The van der Waals surface area contributed by atoms with Crippen molar-refractivity contribution in [1.29, 1.82) is 0 Å². The van der Waals surface area contributed by atoms with E-state index in [0.29, 0.717) is 5.82 Å². The van der Waals surface area contributed by atoms with E-state index in [1.165, 1.54) is 12.8 Å². The van der Waals surface area contributed by atoms with Crippen LogP contribution in [0.2, 0.25) is 0 Å². The summed E-state index contributed by atoms with van der Waals surface area (Å²) in [5.74, 6) is -1.37. The summed E-state index contributed by atoms with van der Waals surface area (Å²) in [6.45, 7) is 3.33. The second-order valence-corrected chi connectivity index (χ2v) is 5.08. The molecule has 19 heavy (non-hydrogen) atoms. The molecule has 1 N–H and O–H groups in total. The van der Waals surface area contributed by atoms with Gasteiger partial charge >= 0.3 is 5.97 Å². The first kappa shape index (κ1) is 12.3. The number of nitrogens with zero attached hydrogens (tertiary/aromatic N) is 3. The molecule has 1 aliphatic heterocycles. The van der Waals surface area contributed by atoms with Crippen LogP contribution in [0, 0.1) is 5.82 Å². The zero-order chi connectivity index (χ0) is 13.4. The van der Waals surface area contributed by atoms with E-state index in [-0.39, 0.29) is 5.56 Å². The molecule has 0 bridgehead atoms. The lowest BCUT2D eigenvalue weighted by Crippen LogP contribution is -2.47. The number of aromatic nitrogens is 1. The summed E-state index contributed by atoms with van der Waals surface area (Å²) < 4.78 is 13.1. The number of carbonyl (C=O) groups is 1. The Hall–Kier alpha value is -1.69. The Kier molecular flexibility index (Phi) is 3.10. The van der Waals surface area contributed by atoms with Gasteiger partial charge in [0.15, 0.2) is 0 Å². The number of pyridine rings is 1. The van der Waals surface area contributed by atoms with Gasteiger partial charge in [-0.1, -0.05) is 0 Å². The van der Waals surface area contributed by atoms with Crippen LogP contribution in [0.5, 0.6) is 0 Å². The number of halogens is 1.